The number of benzene rings is 1. The van der Waals surface area contributed by atoms with Gasteiger partial charge in [-0.2, -0.15) is 0 Å². The molecule has 0 fully saturated rings. The summed E-state index contributed by atoms with van der Waals surface area (Å²) >= 11 is 0. The van der Waals surface area contributed by atoms with Crippen LogP contribution in [0.3, 0.4) is 0 Å². The monoisotopic (exact) mass is 195 g/mol. The van der Waals surface area contributed by atoms with Gasteiger partial charge in [0.05, 0.1) is 5.71 Å². The minimum atomic E-state index is -0.292. The van der Waals surface area contributed by atoms with E-state index in [9.17, 15) is 4.39 Å². The molecule has 0 radical (unpaired) electrons. The van der Waals surface area contributed by atoms with Crippen LogP contribution in [0.2, 0.25) is 0 Å². The number of nitrogens with zero attached hydrogens (tertiary/aromatic N) is 1. The molecule has 0 amide bonds. The van der Waals surface area contributed by atoms with Crippen molar-refractivity contribution in [3.8, 4) is 0 Å². The van der Waals surface area contributed by atoms with Crippen LogP contribution in [-0.2, 0) is 0 Å². The van der Waals surface area contributed by atoms with Crippen molar-refractivity contribution in [1.82, 2.24) is 0 Å². The van der Waals surface area contributed by atoms with Gasteiger partial charge in [-0.3, -0.25) is 0 Å². The molecule has 0 heterocycles. The number of halogens is 1. The van der Waals surface area contributed by atoms with E-state index in [0.29, 0.717) is 5.71 Å². The predicted octanol–water partition coefficient (Wildman–Crippen LogP) is 3.05. The largest absolute Gasteiger partial charge is 0.411 e. The normalized spacial score (nSPS) is 13.0. The van der Waals surface area contributed by atoms with E-state index in [4.69, 9.17) is 5.21 Å². The van der Waals surface area contributed by atoms with Crippen molar-refractivity contribution in [1.29, 1.82) is 0 Å². The third-order valence-corrected chi connectivity index (χ3v) is 1.93. The number of hydrogen-bond donors (Lipinski definition) is 1. The van der Waals surface area contributed by atoms with E-state index >= 15 is 0 Å². The fourth-order valence-electron chi connectivity index (χ4n) is 1.25. The van der Waals surface area contributed by atoms with Crippen LogP contribution in [0.1, 0.15) is 26.3 Å². The molecule has 0 spiro atoms. The molecule has 3 heteroatoms. The highest BCUT2D eigenvalue weighted by Gasteiger charge is 2.21. The van der Waals surface area contributed by atoms with Gasteiger partial charge in [-0.25, -0.2) is 4.39 Å². The average Bonchev–Trinajstić information content (AvgIpc) is 2.07. The minimum Gasteiger partial charge on any atom is -0.411 e. The van der Waals surface area contributed by atoms with Crippen molar-refractivity contribution in [2.75, 3.05) is 0 Å². The molecule has 1 N–H and O–H groups in total. The summed E-state index contributed by atoms with van der Waals surface area (Å²) in [5.74, 6) is -0.292. The number of oxime groups is 1. The molecule has 0 aliphatic heterocycles. The Bertz CT molecular complexity index is 335. The van der Waals surface area contributed by atoms with Gasteiger partial charge in [-0.05, 0) is 12.1 Å². The zero-order chi connectivity index (χ0) is 10.8. The summed E-state index contributed by atoms with van der Waals surface area (Å²) in [6.45, 7) is 5.81. The lowest BCUT2D eigenvalue weighted by Crippen LogP contribution is -2.21. The standard InChI is InChI=1S/C11H14FNO/c1-11(2,3)10(13-14)8-4-6-9(12)7-5-8/h4-7,14H,1-3H3. The molecule has 1 aromatic carbocycles. The summed E-state index contributed by atoms with van der Waals surface area (Å²) in [6, 6.07) is 5.92. The molecule has 76 valence electrons. The van der Waals surface area contributed by atoms with Gasteiger partial charge in [0.1, 0.15) is 5.82 Å². The summed E-state index contributed by atoms with van der Waals surface area (Å²) in [4.78, 5) is 0. The Kier molecular flexibility index (Phi) is 2.89. The van der Waals surface area contributed by atoms with Crippen LogP contribution in [0.25, 0.3) is 0 Å². The summed E-state index contributed by atoms with van der Waals surface area (Å²) in [7, 11) is 0. The highest BCUT2D eigenvalue weighted by molar-refractivity contribution is 6.03. The van der Waals surface area contributed by atoms with Crippen molar-refractivity contribution >= 4 is 5.71 Å². The van der Waals surface area contributed by atoms with Crippen LogP contribution in [0.15, 0.2) is 29.4 Å². The first-order valence-corrected chi connectivity index (χ1v) is 4.43. The zero-order valence-electron chi connectivity index (χ0n) is 8.58. The predicted molar refractivity (Wildman–Crippen MR) is 54.2 cm³/mol. The second-order valence-corrected chi connectivity index (χ2v) is 4.21. The van der Waals surface area contributed by atoms with Crippen molar-refractivity contribution in [3.63, 3.8) is 0 Å². The van der Waals surface area contributed by atoms with Gasteiger partial charge in [0.25, 0.3) is 0 Å². The highest BCUT2D eigenvalue weighted by atomic mass is 19.1. The molecule has 1 aromatic rings. The van der Waals surface area contributed by atoms with E-state index in [2.05, 4.69) is 5.16 Å². The Morgan fingerprint density at radius 2 is 1.71 bits per heavy atom. The van der Waals surface area contributed by atoms with E-state index < -0.39 is 0 Å². The van der Waals surface area contributed by atoms with Crippen LogP contribution >= 0.6 is 0 Å². The van der Waals surface area contributed by atoms with Gasteiger partial charge in [0.15, 0.2) is 0 Å². The summed E-state index contributed by atoms with van der Waals surface area (Å²) in [6.07, 6.45) is 0. The number of rotatable bonds is 1. The van der Waals surface area contributed by atoms with E-state index in [-0.39, 0.29) is 11.2 Å². The lowest BCUT2D eigenvalue weighted by molar-refractivity contribution is 0.311. The van der Waals surface area contributed by atoms with Crippen LogP contribution in [0, 0.1) is 11.2 Å². The Morgan fingerprint density at radius 1 is 1.21 bits per heavy atom. The summed E-state index contributed by atoms with van der Waals surface area (Å²) in [5, 5.41) is 12.1. The Hall–Kier alpha value is -1.38. The van der Waals surface area contributed by atoms with Crippen molar-refractivity contribution in [2.24, 2.45) is 10.6 Å². The Labute approximate surface area is 83.1 Å². The lowest BCUT2D eigenvalue weighted by Gasteiger charge is -2.19. The minimum absolute atomic E-state index is 0.257. The third-order valence-electron chi connectivity index (χ3n) is 1.93. The van der Waals surface area contributed by atoms with Crippen molar-refractivity contribution in [2.45, 2.75) is 20.8 Å². The molecule has 0 bridgehead atoms. The first-order valence-electron chi connectivity index (χ1n) is 4.43. The molecule has 0 saturated heterocycles. The lowest BCUT2D eigenvalue weighted by atomic mass is 9.86. The molecule has 0 atom stereocenters. The molecule has 0 unspecified atom stereocenters. The first kappa shape index (κ1) is 10.7. The van der Waals surface area contributed by atoms with Crippen molar-refractivity contribution in [3.05, 3.63) is 35.6 Å². The molecule has 0 aliphatic rings. The maximum atomic E-state index is 12.6. The van der Waals surface area contributed by atoms with Gasteiger partial charge in [-0.15, -0.1) is 0 Å². The van der Waals surface area contributed by atoms with Gasteiger partial charge in [0.2, 0.25) is 0 Å². The molecule has 0 saturated carbocycles. The smallest absolute Gasteiger partial charge is 0.123 e. The van der Waals surface area contributed by atoms with Crippen LogP contribution in [0.4, 0.5) is 4.39 Å². The SMILES string of the molecule is CC(C)(C)C(=NO)c1ccc(F)cc1. The summed E-state index contributed by atoms with van der Waals surface area (Å²) in [5.41, 5.74) is 1.03. The second kappa shape index (κ2) is 3.78. The van der Waals surface area contributed by atoms with Crippen LogP contribution < -0.4 is 0 Å². The molecule has 14 heavy (non-hydrogen) atoms. The Morgan fingerprint density at radius 3 is 2.07 bits per heavy atom. The molecule has 0 aromatic heterocycles. The van der Waals surface area contributed by atoms with E-state index in [1.165, 1.54) is 12.1 Å². The van der Waals surface area contributed by atoms with E-state index in [0.717, 1.165) is 5.56 Å². The van der Waals surface area contributed by atoms with Crippen LogP contribution in [-0.4, -0.2) is 10.9 Å². The molecular formula is C11H14FNO. The second-order valence-electron chi connectivity index (χ2n) is 4.21. The third kappa shape index (κ3) is 2.31. The maximum Gasteiger partial charge on any atom is 0.123 e. The van der Waals surface area contributed by atoms with Gasteiger partial charge in [0, 0.05) is 11.0 Å². The molecule has 1 rings (SSSR count). The average molecular weight is 195 g/mol. The topological polar surface area (TPSA) is 32.6 Å². The van der Waals surface area contributed by atoms with E-state index in [1.54, 1.807) is 12.1 Å². The highest BCUT2D eigenvalue weighted by Crippen LogP contribution is 2.21. The summed E-state index contributed by atoms with van der Waals surface area (Å²) < 4.78 is 12.6. The van der Waals surface area contributed by atoms with Gasteiger partial charge >= 0.3 is 0 Å². The van der Waals surface area contributed by atoms with Crippen LogP contribution in [0.5, 0.6) is 0 Å². The number of hydrogen-bond acceptors (Lipinski definition) is 2. The first-order chi connectivity index (χ1) is 6.45. The fourth-order valence-corrected chi connectivity index (χ4v) is 1.25. The van der Waals surface area contributed by atoms with Gasteiger partial charge in [-0.1, -0.05) is 38.1 Å². The van der Waals surface area contributed by atoms with Crippen molar-refractivity contribution < 1.29 is 9.60 Å². The van der Waals surface area contributed by atoms with Gasteiger partial charge < -0.3 is 5.21 Å². The van der Waals surface area contributed by atoms with E-state index in [1.807, 2.05) is 20.8 Å². The zero-order valence-corrected chi connectivity index (χ0v) is 8.58. The fraction of sp³-hybridized carbons (Fsp3) is 0.364. The maximum absolute atomic E-state index is 12.6. The Balaban J connectivity index is 3.10. The molecule has 2 nitrogen and oxygen atoms in total. The molecule has 0 aliphatic carbocycles. The molecular weight excluding hydrogens is 181 g/mol. The quantitative estimate of drug-likeness (QED) is 0.417.